The number of hydrogen-bond acceptors (Lipinski definition) is 2. The summed E-state index contributed by atoms with van der Waals surface area (Å²) in [5, 5.41) is 0. The monoisotopic (exact) mass is 309 g/mol. The van der Waals surface area contributed by atoms with Gasteiger partial charge in [0.05, 0.1) is 12.5 Å². The van der Waals surface area contributed by atoms with E-state index in [0.717, 1.165) is 17.0 Å². The molecular weight excluding hydrogens is 286 g/mol. The Morgan fingerprint density at radius 2 is 1.74 bits per heavy atom. The average Bonchev–Trinajstić information content (AvgIpc) is 2.58. The van der Waals surface area contributed by atoms with Gasteiger partial charge in [-0.2, -0.15) is 0 Å². The summed E-state index contributed by atoms with van der Waals surface area (Å²) in [6.07, 6.45) is 0.699. The minimum Gasteiger partial charge on any atom is -0.496 e. The van der Waals surface area contributed by atoms with E-state index in [1.54, 1.807) is 12.0 Å². The topological polar surface area (TPSA) is 29.5 Å². The quantitative estimate of drug-likeness (QED) is 0.863. The molecule has 3 nitrogen and oxygen atoms in total. The largest absolute Gasteiger partial charge is 0.496 e. The van der Waals surface area contributed by atoms with Crippen LogP contribution >= 0.6 is 0 Å². The smallest absolute Gasteiger partial charge is 0.238 e. The number of methoxy groups -OCH3 is 1. The number of rotatable bonds is 3. The van der Waals surface area contributed by atoms with Crippen LogP contribution in [-0.4, -0.2) is 20.1 Å². The molecule has 2 aromatic rings. The van der Waals surface area contributed by atoms with Gasteiger partial charge in [0.2, 0.25) is 5.91 Å². The number of nitrogens with zero attached hydrogens (tertiary/aromatic N) is 1. The number of ether oxygens (including phenoxy) is 1. The molecule has 0 fully saturated rings. The number of likely N-dealkylation sites (N-methyl/N-ethyl adjacent to an activating group) is 1. The zero-order chi connectivity index (χ0) is 16.6. The van der Waals surface area contributed by atoms with E-state index in [9.17, 15) is 4.79 Å². The molecular formula is C20H23NO2. The molecule has 0 saturated carbocycles. The van der Waals surface area contributed by atoms with Crippen LogP contribution in [0, 0.1) is 5.92 Å². The maximum Gasteiger partial charge on any atom is 0.238 e. The van der Waals surface area contributed by atoms with Gasteiger partial charge in [-0.3, -0.25) is 4.79 Å². The lowest BCUT2D eigenvalue weighted by molar-refractivity contribution is -0.126. The van der Waals surface area contributed by atoms with Crippen molar-refractivity contribution in [2.24, 2.45) is 5.92 Å². The highest BCUT2D eigenvalue weighted by atomic mass is 16.5. The molecule has 0 aromatic heterocycles. The van der Waals surface area contributed by atoms with Crippen LogP contribution in [0.1, 0.15) is 25.0 Å². The highest BCUT2D eigenvalue weighted by Crippen LogP contribution is 2.46. The van der Waals surface area contributed by atoms with Crippen molar-refractivity contribution in [1.82, 2.24) is 0 Å². The molecule has 120 valence electrons. The second kappa shape index (κ2) is 5.73. The van der Waals surface area contributed by atoms with Gasteiger partial charge in [0, 0.05) is 18.3 Å². The molecule has 1 heterocycles. The number of fused-ring (bicyclic) bond motifs is 1. The average molecular weight is 309 g/mol. The van der Waals surface area contributed by atoms with E-state index < -0.39 is 5.41 Å². The lowest BCUT2D eigenvalue weighted by Gasteiger charge is -2.44. The number of benzene rings is 2. The highest BCUT2D eigenvalue weighted by molar-refractivity contribution is 6.04. The third-order valence-electron chi connectivity index (χ3n) is 5.08. The summed E-state index contributed by atoms with van der Waals surface area (Å²) in [4.78, 5) is 15.2. The van der Waals surface area contributed by atoms with Gasteiger partial charge in [-0.15, -0.1) is 0 Å². The Kier molecular flexibility index (Phi) is 3.88. The van der Waals surface area contributed by atoms with Crippen LogP contribution in [0.4, 0.5) is 5.69 Å². The number of amides is 1. The van der Waals surface area contributed by atoms with E-state index >= 15 is 0 Å². The Bertz CT molecular complexity index is 738. The first-order valence-corrected chi connectivity index (χ1v) is 8.02. The fraction of sp³-hybridized carbons (Fsp3) is 0.350. The Hall–Kier alpha value is -2.29. The molecule has 0 radical (unpaired) electrons. The molecule has 1 aliphatic heterocycles. The SMILES string of the molecule is COc1ccccc1C1(C(C)C)Cc2ccccc2N(C)C1=O. The number of anilines is 1. The molecule has 0 saturated heterocycles. The van der Waals surface area contributed by atoms with E-state index in [1.165, 1.54) is 5.56 Å². The van der Waals surface area contributed by atoms with Crippen molar-refractivity contribution >= 4 is 11.6 Å². The van der Waals surface area contributed by atoms with Gasteiger partial charge in [0.15, 0.2) is 0 Å². The van der Waals surface area contributed by atoms with Crippen LogP contribution in [0.15, 0.2) is 48.5 Å². The molecule has 3 rings (SSSR count). The van der Waals surface area contributed by atoms with E-state index in [-0.39, 0.29) is 11.8 Å². The van der Waals surface area contributed by atoms with Crippen molar-refractivity contribution in [2.75, 3.05) is 19.1 Å². The summed E-state index contributed by atoms with van der Waals surface area (Å²) in [6, 6.07) is 16.0. The maximum absolute atomic E-state index is 13.4. The van der Waals surface area contributed by atoms with E-state index in [4.69, 9.17) is 4.74 Å². The van der Waals surface area contributed by atoms with Crippen LogP contribution in [0.2, 0.25) is 0 Å². The van der Waals surface area contributed by atoms with Crippen molar-refractivity contribution in [1.29, 1.82) is 0 Å². The van der Waals surface area contributed by atoms with E-state index in [2.05, 4.69) is 19.9 Å². The van der Waals surface area contributed by atoms with Crippen molar-refractivity contribution in [2.45, 2.75) is 25.7 Å². The standard InChI is InChI=1S/C20H23NO2/c1-14(2)20(16-10-6-8-12-18(16)23-4)13-15-9-5-7-11-17(15)21(3)19(20)22/h5-12,14H,13H2,1-4H3. The van der Waals surface area contributed by atoms with Gasteiger partial charge in [0.1, 0.15) is 5.75 Å². The first-order valence-electron chi connectivity index (χ1n) is 8.02. The first-order chi connectivity index (χ1) is 11.0. The number of hydrogen-bond donors (Lipinski definition) is 0. The summed E-state index contributed by atoms with van der Waals surface area (Å²) in [7, 11) is 3.53. The van der Waals surface area contributed by atoms with Gasteiger partial charge in [0.25, 0.3) is 0 Å². The van der Waals surface area contributed by atoms with Crippen molar-refractivity contribution in [3.05, 3.63) is 59.7 Å². The third kappa shape index (κ3) is 2.23. The Labute approximate surface area is 137 Å². The Balaban J connectivity index is 2.25. The van der Waals surface area contributed by atoms with Crippen molar-refractivity contribution in [3.63, 3.8) is 0 Å². The molecule has 1 amide bonds. The summed E-state index contributed by atoms with van der Waals surface area (Å²) >= 11 is 0. The lowest BCUT2D eigenvalue weighted by atomic mass is 9.64. The number of carbonyl (C=O) groups is 1. The fourth-order valence-electron chi connectivity index (χ4n) is 3.76. The third-order valence-corrected chi connectivity index (χ3v) is 5.08. The molecule has 1 aliphatic rings. The molecule has 0 N–H and O–H groups in total. The minimum absolute atomic E-state index is 0.135. The maximum atomic E-state index is 13.4. The van der Waals surface area contributed by atoms with Crippen LogP contribution in [0.3, 0.4) is 0 Å². The molecule has 0 bridgehead atoms. The molecule has 2 aromatic carbocycles. The normalized spacial score (nSPS) is 20.6. The Morgan fingerprint density at radius 3 is 2.43 bits per heavy atom. The van der Waals surface area contributed by atoms with Crippen LogP contribution in [0.5, 0.6) is 5.75 Å². The van der Waals surface area contributed by atoms with Crippen molar-refractivity contribution in [3.8, 4) is 5.75 Å². The summed E-state index contributed by atoms with van der Waals surface area (Å²) < 4.78 is 5.57. The van der Waals surface area contributed by atoms with Crippen LogP contribution in [0.25, 0.3) is 0 Å². The van der Waals surface area contributed by atoms with Gasteiger partial charge >= 0.3 is 0 Å². The summed E-state index contributed by atoms with van der Waals surface area (Å²) in [5.74, 6) is 1.07. The number of para-hydroxylation sites is 2. The second-order valence-electron chi connectivity index (χ2n) is 6.50. The van der Waals surface area contributed by atoms with Crippen LogP contribution in [-0.2, 0) is 16.6 Å². The Morgan fingerprint density at radius 1 is 1.09 bits per heavy atom. The highest BCUT2D eigenvalue weighted by Gasteiger charge is 2.49. The predicted octanol–water partition coefficient (Wildman–Crippen LogP) is 3.81. The van der Waals surface area contributed by atoms with Gasteiger partial charge < -0.3 is 9.64 Å². The first kappa shape index (κ1) is 15.6. The number of carbonyl (C=O) groups excluding carboxylic acids is 1. The zero-order valence-electron chi connectivity index (χ0n) is 14.2. The molecule has 0 spiro atoms. The van der Waals surface area contributed by atoms with E-state index in [0.29, 0.717) is 6.42 Å². The summed E-state index contributed by atoms with van der Waals surface area (Å²) in [5.41, 5.74) is 2.58. The van der Waals surface area contributed by atoms with Gasteiger partial charge in [-0.05, 0) is 30.0 Å². The fourth-order valence-corrected chi connectivity index (χ4v) is 3.76. The predicted molar refractivity (Wildman–Crippen MR) is 93.1 cm³/mol. The minimum atomic E-state index is -0.601. The van der Waals surface area contributed by atoms with Crippen LogP contribution < -0.4 is 9.64 Å². The van der Waals surface area contributed by atoms with Crippen molar-refractivity contribution < 1.29 is 9.53 Å². The second-order valence-corrected chi connectivity index (χ2v) is 6.50. The molecule has 0 aliphatic carbocycles. The molecule has 1 unspecified atom stereocenters. The van der Waals surface area contributed by atoms with E-state index in [1.807, 2.05) is 49.5 Å². The summed E-state index contributed by atoms with van der Waals surface area (Å²) in [6.45, 7) is 4.23. The molecule has 23 heavy (non-hydrogen) atoms. The lowest BCUT2D eigenvalue weighted by Crippen LogP contribution is -2.53. The van der Waals surface area contributed by atoms with Gasteiger partial charge in [-0.1, -0.05) is 50.2 Å². The van der Waals surface area contributed by atoms with Gasteiger partial charge in [-0.25, -0.2) is 0 Å². The zero-order valence-corrected chi connectivity index (χ0v) is 14.2. The molecule has 3 heteroatoms. The molecule has 1 atom stereocenters.